The molecule has 4 nitrogen and oxygen atoms in total. The summed E-state index contributed by atoms with van der Waals surface area (Å²) in [5.74, 6) is 1.02. The highest BCUT2D eigenvalue weighted by Gasteiger charge is 2.14. The van der Waals surface area contributed by atoms with E-state index in [1.165, 1.54) is 5.56 Å². The van der Waals surface area contributed by atoms with Crippen molar-refractivity contribution in [2.24, 2.45) is 0 Å². The first kappa shape index (κ1) is 17.5. The minimum absolute atomic E-state index is 0.728. The highest BCUT2D eigenvalue weighted by molar-refractivity contribution is 6.31. The summed E-state index contributed by atoms with van der Waals surface area (Å²) in [6.07, 6.45) is 1.09. The van der Waals surface area contributed by atoms with E-state index >= 15 is 0 Å². The van der Waals surface area contributed by atoms with Crippen molar-refractivity contribution < 1.29 is 4.74 Å². The van der Waals surface area contributed by atoms with Crippen LogP contribution in [0.4, 0.5) is 0 Å². The Labute approximate surface area is 159 Å². The van der Waals surface area contributed by atoms with E-state index in [9.17, 15) is 0 Å². The molecular weight excluding hydrogens is 346 g/mol. The Morgan fingerprint density at radius 2 is 1.92 bits per heavy atom. The number of nitrogens with zero attached hydrogens (tertiary/aromatic N) is 3. The molecule has 0 saturated carbocycles. The molecule has 0 aliphatic carbocycles. The smallest absolute Gasteiger partial charge is 0.141 e. The van der Waals surface area contributed by atoms with Gasteiger partial charge in [0.15, 0.2) is 0 Å². The van der Waals surface area contributed by atoms with Crippen LogP contribution < -0.4 is 0 Å². The van der Waals surface area contributed by atoms with E-state index in [0.29, 0.717) is 0 Å². The van der Waals surface area contributed by atoms with E-state index in [2.05, 4.69) is 46.7 Å². The Hall–Kier alpha value is -1.88. The molecule has 0 amide bonds. The van der Waals surface area contributed by atoms with E-state index in [-0.39, 0.29) is 0 Å². The van der Waals surface area contributed by atoms with Gasteiger partial charge in [0.25, 0.3) is 0 Å². The number of fused-ring (bicyclic) bond motifs is 1. The number of halogens is 1. The molecule has 0 atom stereocenters. The maximum Gasteiger partial charge on any atom is 0.141 e. The lowest BCUT2D eigenvalue weighted by Gasteiger charge is -2.26. The van der Waals surface area contributed by atoms with Crippen LogP contribution in [0.2, 0.25) is 5.02 Å². The van der Waals surface area contributed by atoms with Gasteiger partial charge in [-0.25, -0.2) is 4.98 Å². The predicted octanol–water partition coefficient (Wildman–Crippen LogP) is 4.39. The lowest BCUT2D eigenvalue weighted by atomic mass is 10.1. The van der Waals surface area contributed by atoms with E-state index in [4.69, 9.17) is 21.3 Å². The molecule has 26 heavy (non-hydrogen) atoms. The molecule has 0 spiro atoms. The molecule has 2 aromatic carbocycles. The first-order valence-electron chi connectivity index (χ1n) is 9.24. The van der Waals surface area contributed by atoms with Gasteiger partial charge in [0.1, 0.15) is 5.82 Å². The fraction of sp³-hybridized carbons (Fsp3) is 0.381. The quantitative estimate of drug-likeness (QED) is 0.668. The largest absolute Gasteiger partial charge is 0.379 e. The first-order valence-corrected chi connectivity index (χ1v) is 9.61. The van der Waals surface area contributed by atoms with Gasteiger partial charge >= 0.3 is 0 Å². The van der Waals surface area contributed by atoms with Crippen LogP contribution in [-0.2, 0) is 11.3 Å². The van der Waals surface area contributed by atoms with Gasteiger partial charge in [0.2, 0.25) is 0 Å². The van der Waals surface area contributed by atoms with Gasteiger partial charge in [0, 0.05) is 36.8 Å². The van der Waals surface area contributed by atoms with Gasteiger partial charge in [-0.3, -0.25) is 4.90 Å². The lowest BCUT2D eigenvalue weighted by molar-refractivity contribution is 0.0370. The SMILES string of the molecule is Cc1cccc(-c2nc3cc(Cl)ccc3n2CCCN2CCOCC2)c1. The molecule has 0 N–H and O–H groups in total. The van der Waals surface area contributed by atoms with Crippen molar-refractivity contribution in [3.8, 4) is 11.4 Å². The van der Waals surface area contributed by atoms with Gasteiger partial charge in [-0.05, 0) is 37.6 Å². The molecule has 136 valence electrons. The molecule has 1 fully saturated rings. The maximum absolute atomic E-state index is 6.19. The summed E-state index contributed by atoms with van der Waals surface area (Å²) in [4.78, 5) is 7.37. The zero-order chi connectivity index (χ0) is 17.9. The van der Waals surface area contributed by atoms with Crippen LogP contribution in [0.3, 0.4) is 0 Å². The molecule has 0 bridgehead atoms. The van der Waals surface area contributed by atoms with Gasteiger partial charge in [-0.1, -0.05) is 35.4 Å². The van der Waals surface area contributed by atoms with E-state index in [0.717, 1.165) is 73.3 Å². The zero-order valence-electron chi connectivity index (χ0n) is 15.1. The highest BCUT2D eigenvalue weighted by atomic mass is 35.5. The van der Waals surface area contributed by atoms with Crippen LogP contribution in [0.5, 0.6) is 0 Å². The van der Waals surface area contributed by atoms with Crippen molar-refractivity contribution in [3.05, 3.63) is 53.1 Å². The predicted molar refractivity (Wildman–Crippen MR) is 107 cm³/mol. The minimum Gasteiger partial charge on any atom is -0.379 e. The van der Waals surface area contributed by atoms with E-state index in [1.54, 1.807) is 0 Å². The van der Waals surface area contributed by atoms with Crippen molar-refractivity contribution in [2.75, 3.05) is 32.8 Å². The summed E-state index contributed by atoms with van der Waals surface area (Å²) in [5, 5.41) is 0.728. The van der Waals surface area contributed by atoms with Gasteiger partial charge < -0.3 is 9.30 Å². The van der Waals surface area contributed by atoms with Crippen LogP contribution >= 0.6 is 11.6 Å². The first-order chi connectivity index (χ1) is 12.7. The van der Waals surface area contributed by atoms with Crippen molar-refractivity contribution in [3.63, 3.8) is 0 Å². The summed E-state index contributed by atoms with van der Waals surface area (Å²) in [6.45, 7) is 7.91. The summed E-state index contributed by atoms with van der Waals surface area (Å²) in [6, 6.07) is 14.5. The Morgan fingerprint density at radius 3 is 2.73 bits per heavy atom. The average Bonchev–Trinajstić information content (AvgIpc) is 3.00. The van der Waals surface area contributed by atoms with E-state index < -0.39 is 0 Å². The summed E-state index contributed by atoms with van der Waals surface area (Å²) < 4.78 is 7.77. The number of aromatic nitrogens is 2. The second-order valence-electron chi connectivity index (χ2n) is 6.90. The third-order valence-corrected chi connectivity index (χ3v) is 5.18. The number of benzene rings is 2. The van der Waals surface area contributed by atoms with Crippen molar-refractivity contribution in [2.45, 2.75) is 19.9 Å². The fourth-order valence-electron chi connectivity index (χ4n) is 3.61. The summed E-state index contributed by atoms with van der Waals surface area (Å²) in [5.41, 5.74) is 4.50. The number of hydrogen-bond acceptors (Lipinski definition) is 3. The van der Waals surface area contributed by atoms with Gasteiger partial charge in [0.05, 0.1) is 24.2 Å². The molecule has 5 heteroatoms. The molecule has 1 aromatic heterocycles. The Kier molecular flexibility index (Phi) is 5.25. The van der Waals surface area contributed by atoms with Gasteiger partial charge in [-0.2, -0.15) is 0 Å². The Bertz CT molecular complexity index is 899. The molecule has 4 rings (SSSR count). The zero-order valence-corrected chi connectivity index (χ0v) is 15.9. The topological polar surface area (TPSA) is 30.3 Å². The molecule has 1 aliphatic heterocycles. The van der Waals surface area contributed by atoms with Crippen LogP contribution in [-0.4, -0.2) is 47.3 Å². The van der Waals surface area contributed by atoms with Crippen LogP contribution in [0.1, 0.15) is 12.0 Å². The number of ether oxygens (including phenoxy) is 1. The van der Waals surface area contributed by atoms with Gasteiger partial charge in [-0.15, -0.1) is 0 Å². The molecular formula is C21H24ClN3O. The standard InChI is InChI=1S/C21H24ClN3O/c1-16-4-2-5-17(14-16)21-23-19-15-18(22)6-7-20(19)25(21)9-3-8-24-10-12-26-13-11-24/h2,4-7,14-15H,3,8-13H2,1H3. The van der Waals surface area contributed by atoms with E-state index in [1.807, 2.05) is 12.1 Å². The third-order valence-electron chi connectivity index (χ3n) is 4.95. The average molecular weight is 370 g/mol. The van der Waals surface area contributed by atoms with Crippen LogP contribution in [0.25, 0.3) is 22.4 Å². The highest BCUT2D eigenvalue weighted by Crippen LogP contribution is 2.27. The second kappa shape index (κ2) is 7.78. The molecule has 2 heterocycles. The monoisotopic (exact) mass is 369 g/mol. The number of aryl methyl sites for hydroxylation is 2. The number of hydrogen-bond donors (Lipinski definition) is 0. The van der Waals surface area contributed by atoms with Crippen molar-refractivity contribution in [1.29, 1.82) is 0 Å². The maximum atomic E-state index is 6.19. The fourth-order valence-corrected chi connectivity index (χ4v) is 3.78. The number of morpholine rings is 1. The molecule has 1 aliphatic rings. The Balaban J connectivity index is 1.63. The number of rotatable bonds is 5. The summed E-state index contributed by atoms with van der Waals surface area (Å²) >= 11 is 6.19. The summed E-state index contributed by atoms with van der Waals surface area (Å²) in [7, 11) is 0. The molecule has 3 aromatic rings. The lowest BCUT2D eigenvalue weighted by Crippen LogP contribution is -2.37. The van der Waals surface area contributed by atoms with Crippen LogP contribution in [0.15, 0.2) is 42.5 Å². The Morgan fingerprint density at radius 1 is 1.08 bits per heavy atom. The minimum atomic E-state index is 0.728. The number of imidazole rings is 1. The van der Waals surface area contributed by atoms with Crippen molar-refractivity contribution >= 4 is 22.6 Å². The molecule has 0 unspecified atom stereocenters. The third kappa shape index (κ3) is 3.78. The van der Waals surface area contributed by atoms with Crippen molar-refractivity contribution in [1.82, 2.24) is 14.5 Å². The molecule has 1 saturated heterocycles. The molecule has 0 radical (unpaired) electrons. The normalized spacial score (nSPS) is 15.6. The van der Waals surface area contributed by atoms with Crippen LogP contribution in [0, 0.1) is 6.92 Å². The second-order valence-corrected chi connectivity index (χ2v) is 7.33.